The Morgan fingerprint density at radius 2 is 1.77 bits per heavy atom. The van der Waals surface area contributed by atoms with Gasteiger partial charge >= 0.3 is 0 Å². The van der Waals surface area contributed by atoms with Crippen LogP contribution in [0, 0.1) is 0 Å². The van der Waals surface area contributed by atoms with Crippen molar-refractivity contribution in [2.24, 2.45) is 7.05 Å². The van der Waals surface area contributed by atoms with Crippen LogP contribution in [0.25, 0.3) is 22.2 Å². The molecule has 0 saturated carbocycles. The maximum absolute atomic E-state index is 12.7. The van der Waals surface area contributed by atoms with Crippen molar-refractivity contribution >= 4 is 39.9 Å². The number of fused-ring (bicyclic) bond motifs is 1. The first-order valence-electron chi connectivity index (χ1n) is 9.43. The Labute approximate surface area is 178 Å². The van der Waals surface area contributed by atoms with E-state index in [1.165, 1.54) is 18.7 Å². The molecule has 1 N–H and O–H groups in total. The van der Waals surface area contributed by atoms with Crippen LogP contribution in [0.3, 0.4) is 0 Å². The van der Waals surface area contributed by atoms with Crippen LogP contribution in [-0.2, 0) is 11.8 Å². The zero-order valence-corrected chi connectivity index (χ0v) is 17.4. The average Bonchev–Trinajstić information content (AvgIpc) is 3.11. The zero-order valence-electron chi connectivity index (χ0n) is 16.6. The summed E-state index contributed by atoms with van der Waals surface area (Å²) in [6, 6.07) is 21.2. The molecule has 0 spiro atoms. The van der Waals surface area contributed by atoms with Gasteiger partial charge in [0.15, 0.2) is 16.8 Å². The minimum atomic E-state index is -0.131. The average molecular weight is 417 g/mol. The second kappa shape index (κ2) is 8.51. The minimum absolute atomic E-state index is 0.0444. The molecule has 0 unspecified atom stereocenters. The van der Waals surface area contributed by atoms with Crippen LogP contribution in [0.2, 0.25) is 0 Å². The molecule has 30 heavy (non-hydrogen) atoms. The summed E-state index contributed by atoms with van der Waals surface area (Å²) in [6.07, 6.45) is 0. The normalized spacial score (nSPS) is 10.9. The van der Waals surface area contributed by atoms with Crippen LogP contribution >= 0.6 is 11.8 Å². The molecule has 4 aromatic rings. The van der Waals surface area contributed by atoms with Gasteiger partial charge in [-0.15, -0.1) is 10.2 Å². The van der Waals surface area contributed by atoms with Gasteiger partial charge in [0.2, 0.25) is 5.91 Å². The molecule has 1 amide bonds. The first-order valence-corrected chi connectivity index (χ1v) is 10.4. The molecule has 1 heterocycles. The van der Waals surface area contributed by atoms with Crippen LogP contribution in [0.1, 0.15) is 17.3 Å². The Kier molecular flexibility index (Phi) is 5.63. The molecule has 6 nitrogen and oxygen atoms in total. The molecule has 0 fully saturated rings. The van der Waals surface area contributed by atoms with Gasteiger partial charge in [0.1, 0.15) is 0 Å². The van der Waals surface area contributed by atoms with E-state index in [0.29, 0.717) is 22.2 Å². The van der Waals surface area contributed by atoms with Crippen molar-refractivity contribution in [3.05, 3.63) is 72.3 Å². The summed E-state index contributed by atoms with van der Waals surface area (Å²) in [5, 5.41) is 14.1. The van der Waals surface area contributed by atoms with Gasteiger partial charge in [0.25, 0.3) is 0 Å². The third kappa shape index (κ3) is 4.26. The summed E-state index contributed by atoms with van der Waals surface area (Å²) in [4.78, 5) is 24.0. The summed E-state index contributed by atoms with van der Waals surface area (Å²) < 4.78 is 1.85. The number of hydrogen-bond acceptors (Lipinski definition) is 5. The van der Waals surface area contributed by atoms with Crippen molar-refractivity contribution in [2.45, 2.75) is 12.1 Å². The Hall–Kier alpha value is -3.45. The number of amides is 1. The lowest BCUT2D eigenvalue weighted by Crippen LogP contribution is -2.06. The number of ketones is 1. The fourth-order valence-electron chi connectivity index (χ4n) is 3.21. The van der Waals surface area contributed by atoms with Crippen molar-refractivity contribution < 1.29 is 9.59 Å². The van der Waals surface area contributed by atoms with Crippen LogP contribution in [0.4, 0.5) is 5.69 Å². The van der Waals surface area contributed by atoms with E-state index in [2.05, 4.69) is 15.5 Å². The highest BCUT2D eigenvalue weighted by molar-refractivity contribution is 7.99. The lowest BCUT2D eigenvalue weighted by atomic mass is 10.1. The first kappa shape index (κ1) is 19.8. The molecule has 3 aromatic carbocycles. The summed E-state index contributed by atoms with van der Waals surface area (Å²) in [5.74, 6) is 0.857. The minimum Gasteiger partial charge on any atom is -0.326 e. The van der Waals surface area contributed by atoms with Crippen molar-refractivity contribution in [3.63, 3.8) is 0 Å². The number of carbonyl (C=O) groups is 2. The molecule has 0 aliphatic carbocycles. The quantitative estimate of drug-likeness (QED) is 0.368. The predicted octanol–water partition coefficient (Wildman–Crippen LogP) is 4.57. The standard InChI is InChI=1S/C23H20N4O2S/c1-15(28)24-20-9-5-8-19(13-20)22-25-26-23(27(22)2)30-14-21(29)18-11-10-16-6-3-4-7-17(16)12-18/h3-13H,14H2,1-2H3,(H,24,28). The van der Waals surface area contributed by atoms with Crippen LogP contribution in [0.15, 0.2) is 71.9 Å². The number of benzene rings is 3. The Morgan fingerprint density at radius 1 is 0.967 bits per heavy atom. The molecule has 7 heteroatoms. The smallest absolute Gasteiger partial charge is 0.221 e. The largest absolute Gasteiger partial charge is 0.326 e. The highest BCUT2D eigenvalue weighted by atomic mass is 32.2. The van der Waals surface area contributed by atoms with Crippen molar-refractivity contribution in [3.8, 4) is 11.4 Å². The summed E-state index contributed by atoms with van der Waals surface area (Å²) in [6.45, 7) is 1.47. The maximum Gasteiger partial charge on any atom is 0.221 e. The molecular formula is C23H20N4O2S. The van der Waals surface area contributed by atoms with Crippen LogP contribution in [-0.4, -0.2) is 32.2 Å². The number of aromatic nitrogens is 3. The van der Waals surface area contributed by atoms with Gasteiger partial charge in [-0.05, 0) is 29.0 Å². The second-order valence-corrected chi connectivity index (χ2v) is 7.84. The van der Waals surface area contributed by atoms with Gasteiger partial charge < -0.3 is 9.88 Å². The number of Topliss-reactive ketones (excluding diaryl/α,β-unsaturated/α-hetero) is 1. The number of anilines is 1. The number of hydrogen-bond donors (Lipinski definition) is 1. The number of nitrogens with zero attached hydrogens (tertiary/aromatic N) is 3. The van der Waals surface area contributed by atoms with Gasteiger partial charge in [-0.1, -0.05) is 60.3 Å². The molecule has 0 saturated heterocycles. The SMILES string of the molecule is CC(=O)Nc1cccc(-c2nnc(SCC(=O)c3ccc4ccccc4c3)n2C)c1. The lowest BCUT2D eigenvalue weighted by molar-refractivity contribution is -0.114. The maximum atomic E-state index is 12.7. The Bertz CT molecular complexity index is 1250. The third-order valence-electron chi connectivity index (χ3n) is 4.68. The summed E-state index contributed by atoms with van der Waals surface area (Å²) in [7, 11) is 1.86. The van der Waals surface area contributed by atoms with E-state index in [1.807, 2.05) is 78.3 Å². The molecular weight excluding hydrogens is 396 g/mol. The molecule has 0 atom stereocenters. The number of rotatable bonds is 6. The molecule has 0 aliphatic rings. The number of nitrogens with one attached hydrogen (secondary N) is 1. The van der Waals surface area contributed by atoms with Gasteiger partial charge in [0.05, 0.1) is 5.75 Å². The Balaban J connectivity index is 1.49. The molecule has 0 radical (unpaired) electrons. The zero-order chi connectivity index (χ0) is 21.1. The van der Waals surface area contributed by atoms with E-state index in [1.54, 1.807) is 0 Å². The van der Waals surface area contributed by atoms with Crippen molar-refractivity contribution in [1.29, 1.82) is 0 Å². The number of thioether (sulfide) groups is 1. The molecule has 4 rings (SSSR count). The lowest BCUT2D eigenvalue weighted by Gasteiger charge is -2.07. The molecule has 150 valence electrons. The van der Waals surface area contributed by atoms with Crippen molar-refractivity contribution in [1.82, 2.24) is 14.8 Å². The van der Waals surface area contributed by atoms with E-state index in [0.717, 1.165) is 16.3 Å². The summed E-state index contributed by atoms with van der Waals surface area (Å²) in [5.41, 5.74) is 2.22. The monoisotopic (exact) mass is 416 g/mol. The fourth-order valence-corrected chi connectivity index (χ4v) is 4.01. The van der Waals surface area contributed by atoms with Gasteiger partial charge in [0, 0.05) is 30.8 Å². The Morgan fingerprint density at radius 3 is 2.57 bits per heavy atom. The van der Waals surface area contributed by atoms with E-state index in [9.17, 15) is 9.59 Å². The molecule has 1 aromatic heterocycles. The van der Waals surface area contributed by atoms with Crippen LogP contribution < -0.4 is 5.32 Å². The fraction of sp³-hybridized carbons (Fsp3) is 0.130. The molecule has 0 aliphatic heterocycles. The first-order chi connectivity index (χ1) is 14.5. The van der Waals surface area contributed by atoms with Crippen LogP contribution in [0.5, 0.6) is 0 Å². The summed E-state index contributed by atoms with van der Waals surface area (Å²) >= 11 is 1.36. The van der Waals surface area contributed by atoms with Gasteiger partial charge in [-0.2, -0.15) is 0 Å². The molecule has 0 bridgehead atoms. The van der Waals surface area contributed by atoms with E-state index < -0.39 is 0 Å². The van der Waals surface area contributed by atoms with E-state index in [-0.39, 0.29) is 17.4 Å². The van der Waals surface area contributed by atoms with Crippen molar-refractivity contribution in [2.75, 3.05) is 11.1 Å². The van der Waals surface area contributed by atoms with Gasteiger partial charge in [-0.25, -0.2) is 0 Å². The topological polar surface area (TPSA) is 76.9 Å². The second-order valence-electron chi connectivity index (χ2n) is 6.90. The van der Waals surface area contributed by atoms with E-state index >= 15 is 0 Å². The highest BCUT2D eigenvalue weighted by Crippen LogP contribution is 2.25. The highest BCUT2D eigenvalue weighted by Gasteiger charge is 2.14. The van der Waals surface area contributed by atoms with E-state index in [4.69, 9.17) is 0 Å². The number of carbonyl (C=O) groups excluding carboxylic acids is 2. The predicted molar refractivity (Wildman–Crippen MR) is 120 cm³/mol. The third-order valence-corrected chi connectivity index (χ3v) is 5.70. The van der Waals surface area contributed by atoms with Gasteiger partial charge in [-0.3, -0.25) is 9.59 Å².